The highest BCUT2D eigenvalue weighted by atomic mass is 16.2. The first-order valence-electron chi connectivity index (χ1n) is 10.6. The highest BCUT2D eigenvalue weighted by molar-refractivity contribution is 5.95. The van der Waals surface area contributed by atoms with Crippen molar-refractivity contribution >= 4 is 11.9 Å². The Kier molecular flexibility index (Phi) is 7.51. The van der Waals surface area contributed by atoms with Crippen molar-refractivity contribution < 1.29 is 9.59 Å². The Labute approximate surface area is 159 Å². The molecule has 1 saturated carbocycles. The predicted molar refractivity (Wildman–Crippen MR) is 106 cm³/mol. The molecule has 0 unspecified atom stereocenters. The maximum atomic E-state index is 13.2. The molecule has 5 nitrogen and oxygen atoms in total. The van der Waals surface area contributed by atoms with Crippen molar-refractivity contribution in [2.45, 2.75) is 78.7 Å². The lowest BCUT2D eigenvalue weighted by Crippen LogP contribution is -2.55. The van der Waals surface area contributed by atoms with E-state index < -0.39 is 0 Å². The first-order chi connectivity index (χ1) is 12.3. The molecule has 2 fully saturated rings. The van der Waals surface area contributed by atoms with Crippen LogP contribution >= 0.6 is 0 Å². The van der Waals surface area contributed by atoms with Gasteiger partial charge in [-0.25, -0.2) is 4.79 Å². The van der Waals surface area contributed by atoms with Crippen LogP contribution in [0.25, 0.3) is 0 Å². The second-order valence-electron chi connectivity index (χ2n) is 9.18. The second-order valence-corrected chi connectivity index (χ2v) is 9.18. The molecular weight excluding hydrogens is 326 g/mol. The molecule has 1 N–H and O–H groups in total. The lowest BCUT2D eigenvalue weighted by atomic mass is 9.65. The zero-order valence-corrected chi connectivity index (χ0v) is 17.5. The number of urea groups is 1. The number of unbranched alkanes of at least 4 members (excludes halogenated alkanes) is 1. The van der Waals surface area contributed by atoms with Crippen LogP contribution in [0.2, 0.25) is 0 Å². The van der Waals surface area contributed by atoms with Gasteiger partial charge in [0, 0.05) is 25.7 Å². The van der Waals surface area contributed by atoms with Crippen molar-refractivity contribution in [3.05, 3.63) is 0 Å². The van der Waals surface area contributed by atoms with Crippen molar-refractivity contribution in [3.63, 3.8) is 0 Å². The van der Waals surface area contributed by atoms with E-state index >= 15 is 0 Å². The lowest BCUT2D eigenvalue weighted by Gasteiger charge is -2.49. The summed E-state index contributed by atoms with van der Waals surface area (Å²) in [5.41, 5.74) is 0.368. The average molecular weight is 366 g/mol. The fourth-order valence-corrected chi connectivity index (χ4v) is 4.82. The molecule has 0 bridgehead atoms. The summed E-state index contributed by atoms with van der Waals surface area (Å²) in [5, 5.41) is 2.89. The van der Waals surface area contributed by atoms with Gasteiger partial charge >= 0.3 is 6.03 Å². The maximum Gasteiger partial charge on any atom is 0.324 e. The summed E-state index contributed by atoms with van der Waals surface area (Å²) in [6, 6.07) is 0.393. The van der Waals surface area contributed by atoms with Crippen molar-refractivity contribution in [3.8, 4) is 0 Å². The molecule has 1 aliphatic heterocycles. The number of hydrogen-bond donors (Lipinski definition) is 1. The summed E-state index contributed by atoms with van der Waals surface area (Å²) >= 11 is 0. The molecule has 26 heavy (non-hydrogen) atoms. The van der Waals surface area contributed by atoms with Gasteiger partial charge in [0.25, 0.3) is 0 Å². The Bertz CT molecular complexity index is 492. The molecule has 150 valence electrons. The Morgan fingerprint density at radius 2 is 1.96 bits per heavy atom. The normalized spacial score (nSPS) is 28.3. The minimum atomic E-state index is -0.209. The number of nitrogens with one attached hydrogen (secondary N) is 1. The molecule has 1 heterocycles. The second kappa shape index (κ2) is 9.20. The summed E-state index contributed by atoms with van der Waals surface area (Å²) in [6.45, 7) is 10.8. The maximum absolute atomic E-state index is 13.2. The minimum absolute atomic E-state index is 0.0285. The van der Waals surface area contributed by atoms with Gasteiger partial charge < -0.3 is 10.2 Å². The molecule has 5 heteroatoms. The van der Waals surface area contributed by atoms with Crippen molar-refractivity contribution in [1.82, 2.24) is 15.1 Å². The smallest absolute Gasteiger partial charge is 0.324 e. The number of piperidine rings is 1. The first-order valence-corrected chi connectivity index (χ1v) is 10.6. The summed E-state index contributed by atoms with van der Waals surface area (Å²) in [5.74, 6) is 0.540. The van der Waals surface area contributed by atoms with Crippen molar-refractivity contribution in [1.29, 1.82) is 0 Å². The Morgan fingerprint density at radius 1 is 1.23 bits per heavy atom. The standard InChI is InChI=1S/C21H39N3O2/c1-6-8-12-24(20(26)22-11-7-2)19(25)17-13-16-14-21(3,4)10-9-18(16)23(5)15-17/h16-18H,6-15H2,1-5H3,(H,22,26)/t16-,17-,18-/m1/s1. The first kappa shape index (κ1) is 21.2. The van der Waals surface area contributed by atoms with Crippen LogP contribution in [0.4, 0.5) is 4.79 Å². The number of amides is 3. The van der Waals surface area contributed by atoms with E-state index in [1.807, 2.05) is 6.92 Å². The molecule has 1 saturated heterocycles. The van der Waals surface area contributed by atoms with Crippen LogP contribution in [-0.2, 0) is 4.79 Å². The SMILES string of the molecule is CCCCN(C(=O)NCCC)C(=O)[C@@H]1C[C@@H]2CC(C)(C)CC[C@H]2N(C)C1. The van der Waals surface area contributed by atoms with Gasteiger partial charge in [0.2, 0.25) is 5.91 Å². The quantitative estimate of drug-likeness (QED) is 0.777. The van der Waals surface area contributed by atoms with E-state index in [0.717, 1.165) is 32.2 Å². The molecule has 1 aliphatic carbocycles. The van der Waals surface area contributed by atoms with E-state index in [1.165, 1.54) is 24.2 Å². The highest BCUT2D eigenvalue weighted by Crippen LogP contribution is 2.45. The molecule has 3 atom stereocenters. The molecule has 3 amide bonds. The number of nitrogens with zero attached hydrogens (tertiary/aromatic N) is 2. The van der Waals surface area contributed by atoms with Gasteiger partial charge in [-0.2, -0.15) is 0 Å². The van der Waals surface area contributed by atoms with Gasteiger partial charge in [-0.3, -0.25) is 9.69 Å². The van der Waals surface area contributed by atoms with Gasteiger partial charge in [0.05, 0.1) is 5.92 Å². The molecule has 2 aliphatic rings. The monoisotopic (exact) mass is 365 g/mol. The summed E-state index contributed by atoms with van der Waals surface area (Å²) in [6.07, 6.45) is 7.34. The Hall–Kier alpha value is -1.10. The van der Waals surface area contributed by atoms with Gasteiger partial charge in [0.1, 0.15) is 0 Å². The van der Waals surface area contributed by atoms with Crippen LogP contribution < -0.4 is 5.32 Å². The third-order valence-corrected chi connectivity index (χ3v) is 6.26. The number of carbonyl (C=O) groups is 2. The molecule has 0 aromatic rings. The van der Waals surface area contributed by atoms with Crippen LogP contribution in [0.1, 0.15) is 72.6 Å². The number of carbonyl (C=O) groups excluding carboxylic acids is 2. The minimum Gasteiger partial charge on any atom is -0.338 e. The largest absolute Gasteiger partial charge is 0.338 e. The van der Waals surface area contributed by atoms with Crippen molar-refractivity contribution in [2.75, 3.05) is 26.7 Å². The van der Waals surface area contributed by atoms with E-state index in [4.69, 9.17) is 0 Å². The summed E-state index contributed by atoms with van der Waals surface area (Å²) in [7, 11) is 2.16. The van der Waals surface area contributed by atoms with Crippen LogP contribution in [-0.4, -0.2) is 54.5 Å². The fraction of sp³-hybridized carbons (Fsp3) is 0.905. The van der Waals surface area contributed by atoms with Gasteiger partial charge in [0.15, 0.2) is 0 Å². The predicted octanol–water partition coefficient (Wildman–Crippen LogP) is 3.88. The lowest BCUT2D eigenvalue weighted by molar-refractivity contribution is -0.137. The molecule has 0 radical (unpaired) electrons. The number of likely N-dealkylation sites (tertiary alicyclic amines) is 1. The van der Waals surface area contributed by atoms with E-state index in [0.29, 0.717) is 30.5 Å². The molecule has 0 spiro atoms. The average Bonchev–Trinajstić information content (AvgIpc) is 2.58. The number of hydrogen-bond acceptors (Lipinski definition) is 3. The van der Waals surface area contributed by atoms with Gasteiger partial charge in [-0.15, -0.1) is 0 Å². The summed E-state index contributed by atoms with van der Waals surface area (Å²) < 4.78 is 0. The van der Waals surface area contributed by atoms with E-state index in [-0.39, 0.29) is 17.9 Å². The van der Waals surface area contributed by atoms with Crippen LogP contribution in [0, 0.1) is 17.3 Å². The van der Waals surface area contributed by atoms with Crippen LogP contribution in [0.3, 0.4) is 0 Å². The zero-order valence-electron chi connectivity index (χ0n) is 17.5. The number of fused-ring (bicyclic) bond motifs is 1. The third-order valence-electron chi connectivity index (χ3n) is 6.26. The van der Waals surface area contributed by atoms with Crippen LogP contribution in [0.15, 0.2) is 0 Å². The molecule has 2 rings (SSSR count). The number of rotatable bonds is 6. The fourth-order valence-electron chi connectivity index (χ4n) is 4.82. The zero-order chi connectivity index (χ0) is 19.3. The van der Waals surface area contributed by atoms with E-state index in [1.54, 1.807) is 0 Å². The summed E-state index contributed by atoms with van der Waals surface area (Å²) in [4.78, 5) is 29.6. The van der Waals surface area contributed by atoms with Gasteiger partial charge in [-0.05, 0) is 56.9 Å². The molecular formula is C21H39N3O2. The number of imide groups is 1. The molecule has 0 aromatic heterocycles. The third kappa shape index (κ3) is 5.21. The highest BCUT2D eigenvalue weighted by Gasteiger charge is 2.44. The Balaban J connectivity index is 2.08. The van der Waals surface area contributed by atoms with Gasteiger partial charge in [-0.1, -0.05) is 34.1 Å². The van der Waals surface area contributed by atoms with E-state index in [2.05, 4.69) is 38.0 Å². The van der Waals surface area contributed by atoms with E-state index in [9.17, 15) is 9.59 Å². The van der Waals surface area contributed by atoms with Crippen molar-refractivity contribution in [2.24, 2.45) is 17.3 Å². The van der Waals surface area contributed by atoms with Crippen LogP contribution in [0.5, 0.6) is 0 Å². The molecule has 0 aromatic carbocycles. The topological polar surface area (TPSA) is 52.7 Å². The Morgan fingerprint density at radius 3 is 2.62 bits per heavy atom.